The van der Waals surface area contributed by atoms with Crippen LogP contribution in [0.3, 0.4) is 0 Å². The lowest BCUT2D eigenvalue weighted by Gasteiger charge is -2.27. The number of carbonyl (C=O) groups excluding carboxylic acids is 2. The standard InChI is InChI=1S/C23H25N3O6/c1-13(25-26-22(30)19-12-16(27)9-10-20(19)28)14-5-4-6-15(11-14)24-21(29)17-7-2-3-8-18(17)23(31)32/h4-6,9-12,17-18,27-28H,2-3,7-8H2,1H3,(H,24,29)(H,26,30)(H,31,32)/b25-13-/t17-,18+/m0/s1. The number of aliphatic carboxylic acids is 1. The fourth-order valence-electron chi connectivity index (χ4n) is 3.76. The number of aromatic hydroxyl groups is 2. The lowest BCUT2D eigenvalue weighted by Crippen LogP contribution is -2.36. The molecule has 0 aromatic heterocycles. The monoisotopic (exact) mass is 439 g/mol. The van der Waals surface area contributed by atoms with Crippen LogP contribution in [0.2, 0.25) is 0 Å². The third-order valence-corrected chi connectivity index (χ3v) is 5.52. The van der Waals surface area contributed by atoms with Crippen molar-refractivity contribution in [3.63, 3.8) is 0 Å². The lowest BCUT2D eigenvalue weighted by atomic mass is 9.78. The number of hydrogen-bond acceptors (Lipinski definition) is 6. The molecule has 32 heavy (non-hydrogen) atoms. The van der Waals surface area contributed by atoms with E-state index in [-0.39, 0.29) is 23.0 Å². The molecule has 0 unspecified atom stereocenters. The van der Waals surface area contributed by atoms with E-state index in [1.54, 1.807) is 31.2 Å². The zero-order valence-electron chi connectivity index (χ0n) is 17.5. The Labute approximate surface area is 184 Å². The topological polar surface area (TPSA) is 148 Å². The van der Waals surface area contributed by atoms with E-state index in [1.807, 2.05) is 0 Å². The number of carboxylic acid groups (broad SMARTS) is 1. The van der Waals surface area contributed by atoms with Crippen LogP contribution in [0.4, 0.5) is 5.69 Å². The Hall–Kier alpha value is -3.88. The normalized spacial score (nSPS) is 18.6. The number of hydrogen-bond donors (Lipinski definition) is 5. The number of carbonyl (C=O) groups is 3. The van der Waals surface area contributed by atoms with E-state index in [0.29, 0.717) is 29.8 Å². The molecule has 2 atom stereocenters. The average molecular weight is 439 g/mol. The van der Waals surface area contributed by atoms with Crippen LogP contribution < -0.4 is 10.7 Å². The number of amides is 2. The summed E-state index contributed by atoms with van der Waals surface area (Å²) in [7, 11) is 0. The van der Waals surface area contributed by atoms with Gasteiger partial charge in [-0.1, -0.05) is 25.0 Å². The molecule has 0 saturated heterocycles. The van der Waals surface area contributed by atoms with Gasteiger partial charge in [-0.3, -0.25) is 14.4 Å². The smallest absolute Gasteiger partial charge is 0.307 e. The molecule has 3 rings (SSSR count). The maximum atomic E-state index is 12.7. The fraction of sp³-hybridized carbons (Fsp3) is 0.304. The highest BCUT2D eigenvalue weighted by Crippen LogP contribution is 2.31. The summed E-state index contributed by atoms with van der Waals surface area (Å²) in [4.78, 5) is 36.4. The van der Waals surface area contributed by atoms with Crippen molar-refractivity contribution in [1.29, 1.82) is 0 Å². The van der Waals surface area contributed by atoms with Crippen LogP contribution in [0.25, 0.3) is 0 Å². The fourth-order valence-corrected chi connectivity index (χ4v) is 3.76. The molecule has 0 heterocycles. The molecule has 1 fully saturated rings. The lowest BCUT2D eigenvalue weighted by molar-refractivity contribution is -0.147. The second-order valence-corrected chi connectivity index (χ2v) is 7.75. The third kappa shape index (κ3) is 5.42. The SMILES string of the molecule is C/C(=N/NC(=O)c1cc(O)ccc1O)c1cccc(NC(=O)[C@H]2CCCC[C@H]2C(=O)O)c1. The van der Waals surface area contributed by atoms with Crippen LogP contribution in [-0.4, -0.2) is 38.8 Å². The van der Waals surface area contributed by atoms with Crippen LogP contribution in [0.15, 0.2) is 47.6 Å². The van der Waals surface area contributed by atoms with Crippen molar-refractivity contribution in [3.05, 3.63) is 53.6 Å². The molecule has 0 radical (unpaired) electrons. The van der Waals surface area contributed by atoms with E-state index in [0.717, 1.165) is 18.9 Å². The van der Waals surface area contributed by atoms with Gasteiger partial charge in [0.25, 0.3) is 5.91 Å². The molecule has 2 aromatic rings. The molecule has 2 amide bonds. The summed E-state index contributed by atoms with van der Waals surface area (Å²) in [5.41, 5.74) is 3.76. The Kier molecular flexibility index (Phi) is 7.09. The van der Waals surface area contributed by atoms with Gasteiger partial charge in [0.1, 0.15) is 11.5 Å². The Bertz CT molecular complexity index is 1070. The van der Waals surface area contributed by atoms with Gasteiger partial charge in [-0.05, 0) is 55.7 Å². The van der Waals surface area contributed by atoms with Crippen molar-refractivity contribution in [2.75, 3.05) is 5.32 Å². The molecule has 0 bridgehead atoms. The number of rotatable bonds is 6. The zero-order chi connectivity index (χ0) is 23.3. The van der Waals surface area contributed by atoms with Crippen molar-refractivity contribution in [2.24, 2.45) is 16.9 Å². The summed E-state index contributed by atoms with van der Waals surface area (Å²) in [5, 5.41) is 35.5. The predicted octanol–water partition coefficient (Wildman–Crippen LogP) is 3.08. The maximum absolute atomic E-state index is 12.7. The van der Waals surface area contributed by atoms with E-state index in [9.17, 15) is 29.7 Å². The third-order valence-electron chi connectivity index (χ3n) is 5.52. The van der Waals surface area contributed by atoms with Crippen LogP contribution >= 0.6 is 0 Å². The van der Waals surface area contributed by atoms with Crippen LogP contribution in [0, 0.1) is 11.8 Å². The van der Waals surface area contributed by atoms with Gasteiger partial charge in [-0.25, -0.2) is 5.43 Å². The molecule has 9 nitrogen and oxygen atoms in total. The number of benzene rings is 2. The first kappa shape index (κ1) is 22.8. The first-order valence-corrected chi connectivity index (χ1v) is 10.3. The van der Waals surface area contributed by atoms with E-state index in [4.69, 9.17) is 0 Å². The molecule has 2 aromatic carbocycles. The van der Waals surface area contributed by atoms with Gasteiger partial charge in [0.15, 0.2) is 0 Å². The van der Waals surface area contributed by atoms with Gasteiger partial charge < -0.3 is 20.6 Å². The molecule has 9 heteroatoms. The molecule has 0 aliphatic heterocycles. The molecule has 0 spiro atoms. The summed E-state index contributed by atoms with van der Waals surface area (Å²) in [6, 6.07) is 10.4. The molecule has 168 valence electrons. The minimum absolute atomic E-state index is 0.122. The zero-order valence-corrected chi connectivity index (χ0v) is 17.5. The number of nitrogens with one attached hydrogen (secondary N) is 2. The van der Waals surface area contributed by atoms with Gasteiger partial charge in [0, 0.05) is 5.69 Å². The Balaban J connectivity index is 1.69. The molecule has 1 saturated carbocycles. The molecule has 1 aliphatic rings. The predicted molar refractivity (Wildman–Crippen MR) is 118 cm³/mol. The first-order valence-electron chi connectivity index (χ1n) is 10.3. The summed E-state index contributed by atoms with van der Waals surface area (Å²) >= 11 is 0. The Morgan fingerprint density at radius 2 is 1.72 bits per heavy atom. The number of nitrogens with zero attached hydrogens (tertiary/aromatic N) is 1. The molecular weight excluding hydrogens is 414 g/mol. The average Bonchev–Trinajstić information content (AvgIpc) is 2.78. The Morgan fingerprint density at radius 1 is 1.00 bits per heavy atom. The molecule has 5 N–H and O–H groups in total. The van der Waals surface area contributed by atoms with Crippen molar-refractivity contribution in [2.45, 2.75) is 32.6 Å². The van der Waals surface area contributed by atoms with E-state index < -0.39 is 23.7 Å². The second kappa shape index (κ2) is 9.95. The second-order valence-electron chi connectivity index (χ2n) is 7.75. The minimum atomic E-state index is -0.949. The van der Waals surface area contributed by atoms with Crippen molar-refractivity contribution < 1.29 is 29.7 Å². The van der Waals surface area contributed by atoms with Crippen molar-refractivity contribution in [3.8, 4) is 11.5 Å². The van der Waals surface area contributed by atoms with Gasteiger partial charge in [0.05, 0.1) is 23.1 Å². The summed E-state index contributed by atoms with van der Waals surface area (Å²) < 4.78 is 0. The van der Waals surface area contributed by atoms with E-state index in [1.165, 1.54) is 12.1 Å². The molecular formula is C23H25N3O6. The van der Waals surface area contributed by atoms with Gasteiger partial charge in [0.2, 0.25) is 5.91 Å². The largest absolute Gasteiger partial charge is 0.508 e. The van der Waals surface area contributed by atoms with Crippen molar-refractivity contribution in [1.82, 2.24) is 5.43 Å². The van der Waals surface area contributed by atoms with Crippen LogP contribution in [0.1, 0.15) is 48.5 Å². The first-order chi connectivity index (χ1) is 15.3. The highest BCUT2D eigenvalue weighted by atomic mass is 16.4. The van der Waals surface area contributed by atoms with Crippen LogP contribution in [-0.2, 0) is 9.59 Å². The van der Waals surface area contributed by atoms with Gasteiger partial charge in [-0.2, -0.15) is 5.10 Å². The number of hydrazone groups is 1. The Morgan fingerprint density at radius 3 is 2.44 bits per heavy atom. The summed E-state index contributed by atoms with van der Waals surface area (Å²) in [6.45, 7) is 1.66. The number of anilines is 1. The van der Waals surface area contributed by atoms with Gasteiger partial charge in [-0.15, -0.1) is 0 Å². The summed E-state index contributed by atoms with van der Waals surface area (Å²) in [6.07, 6.45) is 2.66. The highest BCUT2D eigenvalue weighted by molar-refractivity contribution is 6.03. The number of carboxylic acids is 1. The van der Waals surface area contributed by atoms with Gasteiger partial charge >= 0.3 is 5.97 Å². The van der Waals surface area contributed by atoms with Crippen LogP contribution in [0.5, 0.6) is 11.5 Å². The number of phenols is 2. The highest BCUT2D eigenvalue weighted by Gasteiger charge is 2.35. The number of phenolic OH excluding ortho intramolecular Hbond substituents is 2. The van der Waals surface area contributed by atoms with E-state index in [2.05, 4.69) is 15.8 Å². The summed E-state index contributed by atoms with van der Waals surface area (Å²) in [5.74, 6) is -3.68. The maximum Gasteiger partial charge on any atom is 0.307 e. The quantitative estimate of drug-likeness (QED) is 0.265. The minimum Gasteiger partial charge on any atom is -0.508 e. The van der Waals surface area contributed by atoms with E-state index >= 15 is 0 Å². The molecule has 1 aliphatic carbocycles. The van der Waals surface area contributed by atoms with Crippen molar-refractivity contribution >= 4 is 29.2 Å².